The van der Waals surface area contributed by atoms with Crippen molar-refractivity contribution in [2.45, 2.75) is 6.92 Å². The topological polar surface area (TPSA) is 85.6 Å². The van der Waals surface area contributed by atoms with Crippen molar-refractivity contribution in [1.82, 2.24) is 4.98 Å². The van der Waals surface area contributed by atoms with Gasteiger partial charge in [-0.3, -0.25) is 0 Å². The molecular weight excluding hydrogens is 288 g/mol. The Morgan fingerprint density at radius 3 is 2.57 bits per heavy atom. The first-order chi connectivity index (χ1) is 11.2. The van der Waals surface area contributed by atoms with E-state index >= 15 is 0 Å². The lowest BCUT2D eigenvalue weighted by Gasteiger charge is -1.98. The first-order valence-corrected chi connectivity index (χ1v) is 6.94. The van der Waals surface area contributed by atoms with Gasteiger partial charge in [0, 0.05) is 23.5 Å². The van der Waals surface area contributed by atoms with Crippen molar-refractivity contribution >= 4 is 16.8 Å². The zero-order valence-corrected chi connectivity index (χ0v) is 12.4. The molecule has 0 aliphatic heterocycles. The molecule has 0 fully saturated rings. The Balaban J connectivity index is 1.92. The average Bonchev–Trinajstić information content (AvgIpc) is 2.99. The standard InChI is InChI=1S/C18H12N4O/c1-12-2-4-14(5-3-12)18-22-16-7-6-15(8-17(16)23-18)21-11-13(9-19)10-20/h2-8,11,21H,1H3. The monoisotopic (exact) mass is 300 g/mol. The van der Waals surface area contributed by atoms with Crippen molar-refractivity contribution in [3.8, 4) is 23.6 Å². The molecule has 1 aromatic heterocycles. The van der Waals surface area contributed by atoms with Crippen LogP contribution in [0.5, 0.6) is 0 Å². The molecule has 5 nitrogen and oxygen atoms in total. The summed E-state index contributed by atoms with van der Waals surface area (Å²) in [6.45, 7) is 2.03. The van der Waals surface area contributed by atoms with E-state index in [1.54, 1.807) is 18.2 Å². The van der Waals surface area contributed by atoms with Gasteiger partial charge in [0.2, 0.25) is 5.89 Å². The minimum atomic E-state index is 0.00279. The van der Waals surface area contributed by atoms with E-state index in [0.29, 0.717) is 17.2 Å². The first kappa shape index (κ1) is 14.4. The number of hydrogen-bond acceptors (Lipinski definition) is 5. The molecule has 0 atom stereocenters. The van der Waals surface area contributed by atoms with Crippen molar-refractivity contribution in [3.63, 3.8) is 0 Å². The fourth-order valence-electron chi connectivity index (χ4n) is 2.08. The second-order valence-electron chi connectivity index (χ2n) is 4.99. The second-order valence-corrected chi connectivity index (χ2v) is 4.99. The third-order valence-corrected chi connectivity index (χ3v) is 3.31. The predicted octanol–water partition coefficient (Wildman–Crippen LogP) is 4.15. The molecule has 1 N–H and O–H groups in total. The molecule has 0 unspecified atom stereocenters. The Hall–Kier alpha value is -3.57. The SMILES string of the molecule is Cc1ccc(-c2nc3ccc(NC=C(C#N)C#N)cc3o2)cc1. The van der Waals surface area contributed by atoms with E-state index in [0.717, 1.165) is 11.1 Å². The summed E-state index contributed by atoms with van der Waals surface area (Å²) in [5, 5.41) is 20.3. The van der Waals surface area contributed by atoms with Crippen molar-refractivity contribution < 1.29 is 4.42 Å². The van der Waals surface area contributed by atoms with Gasteiger partial charge in [-0.05, 0) is 31.2 Å². The molecule has 23 heavy (non-hydrogen) atoms. The van der Waals surface area contributed by atoms with Gasteiger partial charge in [0.05, 0.1) is 0 Å². The lowest BCUT2D eigenvalue weighted by Crippen LogP contribution is -1.89. The maximum Gasteiger partial charge on any atom is 0.227 e. The molecule has 2 aromatic carbocycles. The van der Waals surface area contributed by atoms with Gasteiger partial charge in [0.15, 0.2) is 5.58 Å². The number of hydrogen-bond donors (Lipinski definition) is 1. The summed E-state index contributed by atoms with van der Waals surface area (Å²) in [5.41, 5.74) is 4.19. The third-order valence-electron chi connectivity index (χ3n) is 3.31. The Morgan fingerprint density at radius 1 is 1.13 bits per heavy atom. The van der Waals surface area contributed by atoms with Crippen molar-refractivity contribution in [2.75, 3.05) is 5.32 Å². The number of aromatic nitrogens is 1. The molecule has 0 spiro atoms. The summed E-state index contributed by atoms with van der Waals surface area (Å²) < 4.78 is 5.79. The predicted molar refractivity (Wildman–Crippen MR) is 87.1 cm³/mol. The summed E-state index contributed by atoms with van der Waals surface area (Å²) >= 11 is 0. The molecule has 5 heteroatoms. The number of nitrogens with zero attached hydrogens (tertiary/aromatic N) is 3. The second kappa shape index (κ2) is 6.05. The quantitative estimate of drug-likeness (QED) is 0.734. The van der Waals surface area contributed by atoms with Gasteiger partial charge >= 0.3 is 0 Å². The highest BCUT2D eigenvalue weighted by molar-refractivity contribution is 5.80. The zero-order chi connectivity index (χ0) is 16.2. The minimum Gasteiger partial charge on any atom is -0.436 e. The van der Waals surface area contributed by atoms with E-state index in [9.17, 15) is 0 Å². The molecular formula is C18H12N4O. The van der Waals surface area contributed by atoms with Crippen LogP contribution in [0.2, 0.25) is 0 Å². The van der Waals surface area contributed by atoms with Crippen LogP contribution < -0.4 is 5.32 Å². The summed E-state index contributed by atoms with van der Waals surface area (Å²) in [4.78, 5) is 4.47. The van der Waals surface area contributed by atoms with Crippen molar-refractivity contribution in [3.05, 3.63) is 59.8 Å². The summed E-state index contributed by atoms with van der Waals surface area (Å²) in [6, 6.07) is 16.9. The smallest absolute Gasteiger partial charge is 0.227 e. The molecule has 0 amide bonds. The van der Waals surface area contributed by atoms with Crippen LogP contribution in [0.15, 0.2) is 58.7 Å². The van der Waals surface area contributed by atoms with Gasteiger partial charge in [-0.25, -0.2) is 4.98 Å². The highest BCUT2D eigenvalue weighted by atomic mass is 16.3. The Kier molecular flexibility index (Phi) is 3.78. The number of allylic oxidation sites excluding steroid dienone is 1. The van der Waals surface area contributed by atoms with Crippen LogP contribution >= 0.6 is 0 Å². The minimum absolute atomic E-state index is 0.00279. The fraction of sp³-hybridized carbons (Fsp3) is 0.0556. The van der Waals surface area contributed by atoms with E-state index in [1.165, 1.54) is 11.8 Å². The van der Waals surface area contributed by atoms with Gasteiger partial charge in [0.25, 0.3) is 0 Å². The Bertz CT molecular complexity index is 953. The maximum absolute atomic E-state index is 8.72. The lowest BCUT2D eigenvalue weighted by molar-refractivity contribution is 0.620. The highest BCUT2D eigenvalue weighted by Gasteiger charge is 2.08. The number of aryl methyl sites for hydroxylation is 1. The maximum atomic E-state index is 8.72. The van der Waals surface area contributed by atoms with E-state index in [-0.39, 0.29) is 5.57 Å². The Labute approximate surface area is 133 Å². The molecule has 3 aromatic rings. The molecule has 0 aliphatic rings. The molecule has 0 radical (unpaired) electrons. The number of nitriles is 2. The van der Waals surface area contributed by atoms with Crippen LogP contribution in [-0.2, 0) is 0 Å². The van der Waals surface area contributed by atoms with Crippen LogP contribution in [0.3, 0.4) is 0 Å². The number of rotatable bonds is 3. The van der Waals surface area contributed by atoms with Gasteiger partial charge in [-0.15, -0.1) is 0 Å². The van der Waals surface area contributed by atoms with Crippen LogP contribution in [0.4, 0.5) is 5.69 Å². The van der Waals surface area contributed by atoms with Crippen LogP contribution in [0.1, 0.15) is 5.56 Å². The molecule has 0 saturated heterocycles. The van der Waals surface area contributed by atoms with Gasteiger partial charge < -0.3 is 9.73 Å². The molecule has 110 valence electrons. The van der Waals surface area contributed by atoms with E-state index in [2.05, 4.69) is 10.3 Å². The van der Waals surface area contributed by atoms with Crippen molar-refractivity contribution in [2.24, 2.45) is 0 Å². The van der Waals surface area contributed by atoms with E-state index in [4.69, 9.17) is 14.9 Å². The van der Waals surface area contributed by atoms with Gasteiger partial charge in [0.1, 0.15) is 23.2 Å². The number of anilines is 1. The highest BCUT2D eigenvalue weighted by Crippen LogP contribution is 2.26. The number of benzene rings is 2. The average molecular weight is 300 g/mol. The summed E-state index contributed by atoms with van der Waals surface area (Å²) in [5.74, 6) is 0.558. The van der Waals surface area contributed by atoms with Crippen molar-refractivity contribution in [1.29, 1.82) is 10.5 Å². The summed E-state index contributed by atoms with van der Waals surface area (Å²) in [6.07, 6.45) is 1.36. The number of nitrogens with one attached hydrogen (secondary N) is 1. The molecule has 0 bridgehead atoms. The van der Waals surface area contributed by atoms with Crippen LogP contribution in [-0.4, -0.2) is 4.98 Å². The fourth-order valence-corrected chi connectivity index (χ4v) is 2.08. The largest absolute Gasteiger partial charge is 0.436 e. The normalized spacial score (nSPS) is 9.87. The van der Waals surface area contributed by atoms with Gasteiger partial charge in [-0.2, -0.15) is 10.5 Å². The zero-order valence-electron chi connectivity index (χ0n) is 12.4. The first-order valence-electron chi connectivity index (χ1n) is 6.94. The lowest BCUT2D eigenvalue weighted by atomic mass is 10.1. The summed E-state index contributed by atoms with van der Waals surface area (Å²) in [7, 11) is 0. The number of fused-ring (bicyclic) bond motifs is 1. The molecule has 1 heterocycles. The van der Waals surface area contributed by atoms with Gasteiger partial charge in [-0.1, -0.05) is 17.7 Å². The number of oxazole rings is 1. The molecule has 3 rings (SSSR count). The molecule has 0 saturated carbocycles. The van der Waals surface area contributed by atoms with E-state index < -0.39 is 0 Å². The van der Waals surface area contributed by atoms with Crippen LogP contribution in [0.25, 0.3) is 22.6 Å². The van der Waals surface area contributed by atoms with E-state index in [1.807, 2.05) is 43.3 Å². The molecule has 0 aliphatic carbocycles. The van der Waals surface area contributed by atoms with Crippen LogP contribution in [0, 0.1) is 29.6 Å². The third kappa shape index (κ3) is 3.04. The Morgan fingerprint density at radius 2 is 1.87 bits per heavy atom.